The molecule has 2 bridgehead atoms. The molecule has 2 aromatic rings. The molecular weight excluding hydrogens is 468 g/mol. The Hall–Kier alpha value is -3.46. The number of thiocarbonyl (C=S) groups is 1. The second kappa shape index (κ2) is 10.0. The first-order valence-corrected chi connectivity index (χ1v) is 11.7. The Morgan fingerprint density at radius 3 is 2.60 bits per heavy atom. The molecule has 0 saturated carbocycles. The Balaban J connectivity index is 1.70. The number of para-hydroxylation sites is 1. The molecule has 8 nitrogen and oxygen atoms in total. The number of ether oxygens (including phenoxy) is 5. The van der Waals surface area contributed by atoms with Crippen LogP contribution in [0.3, 0.4) is 0 Å². The van der Waals surface area contributed by atoms with E-state index in [9.17, 15) is 4.79 Å². The van der Waals surface area contributed by atoms with Gasteiger partial charge in [-0.05, 0) is 49.3 Å². The molecule has 2 aliphatic rings. The largest absolute Gasteiger partial charge is 0.493 e. The van der Waals surface area contributed by atoms with Crippen molar-refractivity contribution in [1.82, 2.24) is 10.2 Å². The SMILES string of the molecule is C=CCOC(=O)C1C2NC(=S)N(CCc3ccc(OC)c(OC)c3)C1(C)Oc1c(OC)cccc12. The zero-order valence-electron chi connectivity index (χ0n) is 20.3. The molecule has 1 N–H and O–H groups in total. The van der Waals surface area contributed by atoms with Gasteiger partial charge in [-0.25, -0.2) is 0 Å². The summed E-state index contributed by atoms with van der Waals surface area (Å²) in [7, 11) is 4.80. The van der Waals surface area contributed by atoms with E-state index in [-0.39, 0.29) is 6.61 Å². The van der Waals surface area contributed by atoms with Crippen LogP contribution in [0.4, 0.5) is 0 Å². The summed E-state index contributed by atoms with van der Waals surface area (Å²) < 4.78 is 28.4. The van der Waals surface area contributed by atoms with E-state index in [0.717, 1.165) is 11.1 Å². The lowest BCUT2D eigenvalue weighted by molar-refractivity contribution is -0.174. The molecule has 2 aliphatic heterocycles. The molecule has 4 rings (SSSR count). The number of carbonyl (C=O) groups is 1. The number of hydrogen-bond donors (Lipinski definition) is 1. The first kappa shape index (κ1) is 24.7. The third-order valence-corrected chi connectivity index (χ3v) is 6.85. The van der Waals surface area contributed by atoms with E-state index in [2.05, 4.69) is 11.9 Å². The molecule has 0 aliphatic carbocycles. The number of benzene rings is 2. The number of rotatable bonds is 9. The Bertz CT molecular complexity index is 1140. The van der Waals surface area contributed by atoms with Crippen LogP contribution in [-0.2, 0) is 16.0 Å². The molecule has 3 atom stereocenters. The maximum atomic E-state index is 13.3. The van der Waals surface area contributed by atoms with Gasteiger partial charge < -0.3 is 33.9 Å². The zero-order chi connectivity index (χ0) is 25.2. The number of carbonyl (C=O) groups excluding carboxylic acids is 1. The number of hydrogen-bond acceptors (Lipinski definition) is 7. The predicted octanol–water partition coefficient (Wildman–Crippen LogP) is 3.64. The highest BCUT2D eigenvalue weighted by Gasteiger charge is 2.59. The molecule has 186 valence electrons. The van der Waals surface area contributed by atoms with E-state index in [1.165, 1.54) is 0 Å². The average molecular weight is 499 g/mol. The van der Waals surface area contributed by atoms with Crippen molar-refractivity contribution in [1.29, 1.82) is 0 Å². The minimum Gasteiger partial charge on any atom is -0.493 e. The second-order valence-electron chi connectivity index (χ2n) is 8.45. The molecule has 9 heteroatoms. The molecule has 3 unspecified atom stereocenters. The zero-order valence-corrected chi connectivity index (χ0v) is 21.1. The summed E-state index contributed by atoms with van der Waals surface area (Å²) in [5.74, 6) is 1.41. The Kier molecular flexibility index (Phi) is 7.07. The minimum absolute atomic E-state index is 0.110. The van der Waals surface area contributed by atoms with Gasteiger partial charge >= 0.3 is 5.97 Å². The summed E-state index contributed by atoms with van der Waals surface area (Å²) in [6, 6.07) is 11.0. The van der Waals surface area contributed by atoms with E-state index in [0.29, 0.717) is 41.1 Å². The van der Waals surface area contributed by atoms with E-state index in [1.54, 1.807) is 27.4 Å². The van der Waals surface area contributed by atoms with Crippen molar-refractivity contribution < 1.29 is 28.5 Å². The molecule has 1 fully saturated rings. The van der Waals surface area contributed by atoms with Gasteiger partial charge in [-0.1, -0.05) is 30.9 Å². The highest BCUT2D eigenvalue weighted by Crippen LogP contribution is 2.51. The highest BCUT2D eigenvalue weighted by atomic mass is 32.1. The fourth-order valence-corrected chi connectivity index (χ4v) is 5.19. The van der Waals surface area contributed by atoms with Crippen LogP contribution in [0, 0.1) is 5.92 Å². The van der Waals surface area contributed by atoms with Gasteiger partial charge in [0.15, 0.2) is 33.8 Å². The highest BCUT2D eigenvalue weighted by molar-refractivity contribution is 7.80. The van der Waals surface area contributed by atoms with Gasteiger partial charge in [-0.3, -0.25) is 4.79 Å². The number of methoxy groups -OCH3 is 3. The van der Waals surface area contributed by atoms with Gasteiger partial charge in [0, 0.05) is 12.1 Å². The van der Waals surface area contributed by atoms with Crippen LogP contribution < -0.4 is 24.3 Å². The van der Waals surface area contributed by atoms with E-state index < -0.39 is 23.7 Å². The molecular formula is C26H30N2O6S. The van der Waals surface area contributed by atoms with Crippen molar-refractivity contribution in [3.05, 3.63) is 60.2 Å². The molecule has 0 spiro atoms. The minimum atomic E-state index is -1.11. The van der Waals surface area contributed by atoms with Gasteiger partial charge in [0.25, 0.3) is 0 Å². The normalized spacial score (nSPS) is 22.3. The smallest absolute Gasteiger partial charge is 0.317 e. The predicted molar refractivity (Wildman–Crippen MR) is 135 cm³/mol. The van der Waals surface area contributed by atoms with Crippen LogP contribution in [0.5, 0.6) is 23.0 Å². The lowest BCUT2D eigenvalue weighted by Crippen LogP contribution is -2.71. The van der Waals surface area contributed by atoms with Crippen molar-refractivity contribution in [3.63, 3.8) is 0 Å². The van der Waals surface area contributed by atoms with Gasteiger partial charge in [0.05, 0.1) is 27.4 Å². The summed E-state index contributed by atoms with van der Waals surface area (Å²) in [5.41, 5.74) is 0.712. The maximum absolute atomic E-state index is 13.3. The van der Waals surface area contributed by atoms with Gasteiger partial charge in [0.1, 0.15) is 12.5 Å². The standard InChI is InChI=1S/C26H30N2O6S/c1-6-14-33-24(29)21-22-17-8-7-9-19(31-4)23(17)34-26(21,2)28(25(35)27-22)13-12-16-10-11-18(30-3)20(15-16)32-5/h6-11,15,21-22H,1,12-14H2,2-5H3,(H,27,35). The summed E-state index contributed by atoms with van der Waals surface area (Å²) in [6.07, 6.45) is 2.17. The fourth-order valence-electron chi connectivity index (χ4n) is 4.79. The van der Waals surface area contributed by atoms with Crippen molar-refractivity contribution in [3.8, 4) is 23.0 Å². The molecule has 35 heavy (non-hydrogen) atoms. The molecule has 2 heterocycles. The summed E-state index contributed by atoms with van der Waals surface area (Å²) in [5, 5.41) is 3.86. The Morgan fingerprint density at radius 1 is 1.17 bits per heavy atom. The quantitative estimate of drug-likeness (QED) is 0.317. The van der Waals surface area contributed by atoms with Crippen LogP contribution in [-0.4, -0.2) is 56.2 Å². The second-order valence-corrected chi connectivity index (χ2v) is 8.84. The average Bonchev–Trinajstić information content (AvgIpc) is 2.86. The topological polar surface area (TPSA) is 78.5 Å². The Labute approximate surface area is 210 Å². The van der Waals surface area contributed by atoms with E-state index in [1.807, 2.05) is 48.2 Å². The first-order valence-electron chi connectivity index (χ1n) is 11.3. The van der Waals surface area contributed by atoms with Gasteiger partial charge in [-0.2, -0.15) is 0 Å². The number of fused-ring (bicyclic) bond motifs is 4. The molecule has 1 saturated heterocycles. The van der Waals surface area contributed by atoms with Crippen molar-refractivity contribution >= 4 is 23.3 Å². The van der Waals surface area contributed by atoms with Crippen molar-refractivity contribution in [2.75, 3.05) is 34.5 Å². The van der Waals surface area contributed by atoms with E-state index >= 15 is 0 Å². The van der Waals surface area contributed by atoms with E-state index in [4.69, 9.17) is 35.9 Å². The van der Waals surface area contributed by atoms with Crippen molar-refractivity contribution in [2.24, 2.45) is 5.92 Å². The van der Waals surface area contributed by atoms with Crippen LogP contribution in [0.15, 0.2) is 49.1 Å². The monoisotopic (exact) mass is 498 g/mol. The molecule has 0 aromatic heterocycles. The first-order chi connectivity index (χ1) is 16.9. The van der Waals surface area contributed by atoms with Gasteiger partial charge in [-0.15, -0.1) is 0 Å². The number of esters is 1. The third kappa shape index (κ3) is 4.36. The molecule has 0 amide bonds. The summed E-state index contributed by atoms with van der Waals surface area (Å²) in [4.78, 5) is 15.2. The lowest BCUT2D eigenvalue weighted by atomic mass is 9.79. The lowest BCUT2D eigenvalue weighted by Gasteiger charge is -2.55. The number of nitrogens with zero attached hydrogens (tertiary/aromatic N) is 1. The van der Waals surface area contributed by atoms with Crippen LogP contribution in [0.1, 0.15) is 24.1 Å². The summed E-state index contributed by atoms with van der Waals surface area (Å²) in [6.45, 7) is 6.12. The van der Waals surface area contributed by atoms with Crippen LogP contribution in [0.25, 0.3) is 0 Å². The Morgan fingerprint density at radius 2 is 1.91 bits per heavy atom. The maximum Gasteiger partial charge on any atom is 0.317 e. The number of nitrogens with one attached hydrogen (secondary N) is 1. The van der Waals surface area contributed by atoms with Crippen LogP contribution >= 0.6 is 12.2 Å². The van der Waals surface area contributed by atoms with Crippen molar-refractivity contribution in [2.45, 2.75) is 25.1 Å². The van der Waals surface area contributed by atoms with Crippen LogP contribution in [0.2, 0.25) is 0 Å². The van der Waals surface area contributed by atoms with Gasteiger partial charge in [0.2, 0.25) is 0 Å². The molecule has 2 aromatic carbocycles. The molecule has 0 radical (unpaired) electrons. The summed E-state index contributed by atoms with van der Waals surface area (Å²) >= 11 is 5.76. The fraction of sp³-hybridized carbons (Fsp3) is 0.385. The third-order valence-electron chi connectivity index (χ3n) is 6.51.